The second-order valence-electron chi connectivity index (χ2n) is 8.05. The molecule has 0 fully saturated rings. The number of aryl methyl sites for hydroxylation is 1. The van der Waals surface area contributed by atoms with Gasteiger partial charge in [0, 0.05) is 20.1 Å². The molecule has 0 amide bonds. The maximum absolute atomic E-state index is 12.6. The highest BCUT2D eigenvalue weighted by atomic mass is 79.9. The van der Waals surface area contributed by atoms with Gasteiger partial charge in [-0.2, -0.15) is 0 Å². The monoisotopic (exact) mass is 754 g/mol. The first-order chi connectivity index (χ1) is 17.4. The largest absolute Gasteiger partial charge is 0.457 e. The molecule has 0 aliphatic heterocycles. The number of unbranched alkanes of at least 4 members (excludes halogenated alkanes) is 3. The molecule has 0 saturated carbocycles. The van der Waals surface area contributed by atoms with E-state index in [1.165, 1.54) is 45.2 Å². The number of carbonyl (C=O) groups excluding carboxylic acids is 1. The Kier molecular flexibility index (Phi) is 12.4. The topological polar surface area (TPSA) is 26.3 Å². The summed E-state index contributed by atoms with van der Waals surface area (Å²) in [6, 6.07) is 24.4. The maximum Gasteiger partial charge on any atom is 0.194 e. The minimum absolute atomic E-state index is 0.0376. The molecular weight excluding hydrogens is 732 g/mol. The zero-order valence-corrected chi connectivity index (χ0v) is 26.9. The van der Waals surface area contributed by atoms with E-state index in [1.807, 2.05) is 42.5 Å². The summed E-state index contributed by atoms with van der Waals surface area (Å²) < 4.78 is 9.89. The van der Waals surface area contributed by atoms with Gasteiger partial charge in [0.25, 0.3) is 0 Å². The molecule has 0 spiro atoms. The first-order valence-electron chi connectivity index (χ1n) is 11.6. The maximum atomic E-state index is 12.6. The molecule has 0 saturated heterocycles. The van der Waals surface area contributed by atoms with Crippen LogP contribution in [0.15, 0.2) is 95.4 Å². The lowest BCUT2D eigenvalue weighted by Crippen LogP contribution is -2.02. The first-order valence-corrected chi connectivity index (χ1v) is 15.6. The molecule has 188 valence electrons. The molecule has 0 N–H and O–H groups in total. The van der Waals surface area contributed by atoms with Gasteiger partial charge in [-0.05, 0) is 111 Å². The summed E-state index contributed by atoms with van der Waals surface area (Å²) in [4.78, 5) is 12.6. The molecule has 4 rings (SSSR count). The van der Waals surface area contributed by atoms with Gasteiger partial charge in [0.2, 0.25) is 0 Å². The number of hydrogen-bond donors (Lipinski definition) is 0. The lowest BCUT2D eigenvalue weighted by Gasteiger charge is -2.07. The summed E-state index contributed by atoms with van der Waals surface area (Å²) in [5, 5.41) is 0. The Labute approximate surface area is 251 Å². The average molecular weight is 758 g/mol. The van der Waals surface area contributed by atoms with Crippen LogP contribution in [0.25, 0.3) is 0 Å². The van der Waals surface area contributed by atoms with Crippen LogP contribution in [-0.2, 0) is 6.42 Å². The molecule has 1 aromatic heterocycles. The van der Waals surface area contributed by atoms with Gasteiger partial charge < -0.3 is 4.74 Å². The quantitative estimate of drug-likeness (QED) is 0.126. The van der Waals surface area contributed by atoms with Crippen LogP contribution in [0, 0.1) is 0 Å². The van der Waals surface area contributed by atoms with Gasteiger partial charge >= 0.3 is 0 Å². The van der Waals surface area contributed by atoms with Crippen LogP contribution in [0.3, 0.4) is 0 Å². The summed E-state index contributed by atoms with van der Waals surface area (Å²) in [7, 11) is 0. The Morgan fingerprint density at radius 1 is 0.806 bits per heavy atom. The Hall–Kier alpha value is -1.25. The van der Waals surface area contributed by atoms with Gasteiger partial charge in [-0.1, -0.05) is 76.2 Å². The number of para-hydroxylation sites is 1. The van der Waals surface area contributed by atoms with E-state index in [2.05, 4.69) is 76.7 Å². The number of ether oxygens (including phenoxy) is 1. The lowest BCUT2D eigenvalue weighted by atomic mass is 10.0. The van der Waals surface area contributed by atoms with Crippen molar-refractivity contribution in [2.45, 2.75) is 39.0 Å². The van der Waals surface area contributed by atoms with E-state index >= 15 is 0 Å². The summed E-state index contributed by atoms with van der Waals surface area (Å²) in [5.41, 5.74) is 2.69. The van der Waals surface area contributed by atoms with Crippen LogP contribution in [-0.4, -0.2) is 5.78 Å². The van der Waals surface area contributed by atoms with E-state index in [1.54, 1.807) is 41.7 Å². The van der Waals surface area contributed by atoms with Crippen LogP contribution in [0.2, 0.25) is 0 Å². The summed E-state index contributed by atoms with van der Waals surface area (Å²) >= 11 is 15.6. The average Bonchev–Trinajstić information content (AvgIpc) is 3.21. The molecular formula is C29H26Br4O2S. The second-order valence-corrected chi connectivity index (χ2v) is 13.6. The van der Waals surface area contributed by atoms with Crippen molar-refractivity contribution in [2.75, 3.05) is 0 Å². The Morgan fingerprint density at radius 2 is 1.50 bits per heavy atom. The van der Waals surface area contributed by atoms with Crippen molar-refractivity contribution in [1.29, 1.82) is 0 Å². The van der Waals surface area contributed by atoms with E-state index < -0.39 is 0 Å². The van der Waals surface area contributed by atoms with Crippen LogP contribution in [0.5, 0.6) is 11.5 Å². The fourth-order valence-corrected chi connectivity index (χ4v) is 7.11. The van der Waals surface area contributed by atoms with E-state index in [-0.39, 0.29) is 5.78 Å². The van der Waals surface area contributed by atoms with Gasteiger partial charge in [0.05, 0.1) is 7.57 Å². The van der Waals surface area contributed by atoms with E-state index in [0.717, 1.165) is 14.7 Å². The van der Waals surface area contributed by atoms with Crippen molar-refractivity contribution in [1.82, 2.24) is 0 Å². The number of halogens is 4. The normalized spacial score (nSPS) is 10.5. The molecule has 2 nitrogen and oxygen atoms in total. The molecule has 0 bridgehead atoms. The Bertz CT molecular complexity index is 1250. The number of benzene rings is 3. The van der Waals surface area contributed by atoms with Crippen molar-refractivity contribution in [3.63, 3.8) is 0 Å². The number of carbonyl (C=O) groups is 1. The summed E-state index contributed by atoms with van der Waals surface area (Å²) in [5.74, 6) is 1.42. The van der Waals surface area contributed by atoms with E-state index in [0.29, 0.717) is 16.9 Å². The molecule has 0 atom stereocenters. The molecule has 3 aromatic carbocycles. The molecule has 0 radical (unpaired) electrons. The van der Waals surface area contributed by atoms with Crippen molar-refractivity contribution in [2.24, 2.45) is 0 Å². The minimum atomic E-state index is -0.0376. The van der Waals surface area contributed by atoms with Crippen molar-refractivity contribution in [3.05, 3.63) is 112 Å². The number of rotatable bonds is 9. The zero-order valence-electron chi connectivity index (χ0n) is 19.8. The van der Waals surface area contributed by atoms with E-state index in [9.17, 15) is 4.79 Å². The van der Waals surface area contributed by atoms with Crippen LogP contribution < -0.4 is 4.74 Å². The highest BCUT2D eigenvalue weighted by molar-refractivity contribution is 9.12. The van der Waals surface area contributed by atoms with Gasteiger partial charge in [-0.15, -0.1) is 11.3 Å². The van der Waals surface area contributed by atoms with E-state index in [4.69, 9.17) is 4.74 Å². The third-order valence-electron chi connectivity index (χ3n) is 5.30. The number of hydrogen-bond acceptors (Lipinski definition) is 3. The van der Waals surface area contributed by atoms with Gasteiger partial charge in [0.15, 0.2) is 5.78 Å². The number of ketones is 1. The number of thiophene rings is 1. The smallest absolute Gasteiger partial charge is 0.194 e. The molecule has 0 aliphatic carbocycles. The lowest BCUT2D eigenvalue weighted by molar-refractivity contribution is 0.103. The molecule has 4 aromatic rings. The Morgan fingerprint density at radius 3 is 2.14 bits per heavy atom. The molecule has 0 aliphatic rings. The third-order valence-corrected chi connectivity index (χ3v) is 8.94. The fraction of sp³-hybridized carbons (Fsp3) is 0.207. The van der Waals surface area contributed by atoms with Crippen LogP contribution in [0.1, 0.15) is 54.1 Å². The van der Waals surface area contributed by atoms with Gasteiger partial charge in [-0.3, -0.25) is 4.79 Å². The summed E-state index contributed by atoms with van der Waals surface area (Å²) in [6.07, 6.45) is 6.56. The van der Waals surface area contributed by atoms with Crippen molar-refractivity contribution >= 4 is 80.8 Å². The Balaban J connectivity index is 0.000000236. The molecule has 0 unspecified atom stereocenters. The molecule has 1 heterocycles. The second kappa shape index (κ2) is 15.2. The highest BCUT2D eigenvalue weighted by Crippen LogP contribution is 2.33. The van der Waals surface area contributed by atoms with Crippen LogP contribution in [0.4, 0.5) is 0 Å². The van der Waals surface area contributed by atoms with Gasteiger partial charge in [0.1, 0.15) is 11.5 Å². The standard InChI is InChI=1S/C19H12Br2O2.C10H14Br2S/c20-14-8-11-18(21)17(12-14)19(22)13-6-9-16(10-7-13)23-15-4-2-1-3-5-15;1-2-3-4-5-6-8-7-9(11)13-10(8)12/h1-12H;7H,2-6H2,1H3. The summed E-state index contributed by atoms with van der Waals surface area (Å²) in [6.45, 7) is 2.25. The predicted octanol–water partition coefficient (Wildman–Crippen LogP) is 11.6. The minimum Gasteiger partial charge on any atom is -0.457 e. The predicted molar refractivity (Wildman–Crippen MR) is 166 cm³/mol. The van der Waals surface area contributed by atoms with Crippen LogP contribution >= 0.6 is 75.1 Å². The highest BCUT2D eigenvalue weighted by Gasteiger charge is 2.13. The SMILES string of the molecule is CCCCCCc1cc(Br)sc1Br.O=C(c1ccc(Oc2ccccc2)cc1)c1cc(Br)ccc1Br. The molecule has 7 heteroatoms. The zero-order chi connectivity index (χ0) is 25.9. The van der Waals surface area contributed by atoms with Crippen molar-refractivity contribution in [3.8, 4) is 11.5 Å². The molecule has 36 heavy (non-hydrogen) atoms. The van der Waals surface area contributed by atoms with Gasteiger partial charge in [-0.25, -0.2) is 0 Å². The fourth-order valence-electron chi connectivity index (χ4n) is 3.41. The van der Waals surface area contributed by atoms with Crippen molar-refractivity contribution < 1.29 is 9.53 Å². The first kappa shape index (κ1) is 29.3. The third kappa shape index (κ3) is 9.25.